The van der Waals surface area contributed by atoms with Gasteiger partial charge in [0, 0.05) is 3.57 Å². The SMILES string of the molecule is Fc1c(Br)ccc(I)c1-c1ccco1. The van der Waals surface area contributed by atoms with Gasteiger partial charge in [-0.1, -0.05) is 0 Å². The number of hydrogen-bond donors (Lipinski definition) is 0. The van der Waals surface area contributed by atoms with E-state index in [4.69, 9.17) is 4.42 Å². The lowest BCUT2D eigenvalue weighted by Crippen LogP contribution is -1.88. The smallest absolute Gasteiger partial charge is 0.149 e. The quantitative estimate of drug-likeness (QED) is 0.536. The average Bonchev–Trinajstić information content (AvgIpc) is 2.65. The van der Waals surface area contributed by atoms with Gasteiger partial charge >= 0.3 is 0 Å². The molecule has 72 valence electrons. The third-order valence-corrected chi connectivity index (χ3v) is 3.32. The first-order valence-electron chi connectivity index (χ1n) is 3.87. The summed E-state index contributed by atoms with van der Waals surface area (Å²) in [5.41, 5.74) is 0.505. The monoisotopic (exact) mass is 366 g/mol. The maximum Gasteiger partial charge on any atom is 0.149 e. The van der Waals surface area contributed by atoms with Gasteiger partial charge in [-0.05, 0) is 62.8 Å². The normalized spacial score (nSPS) is 10.5. The minimum absolute atomic E-state index is 0.285. The molecule has 0 spiro atoms. The van der Waals surface area contributed by atoms with E-state index in [0.717, 1.165) is 3.57 Å². The van der Waals surface area contributed by atoms with E-state index >= 15 is 0 Å². The summed E-state index contributed by atoms with van der Waals surface area (Å²) in [6.07, 6.45) is 1.53. The Balaban J connectivity index is 2.69. The van der Waals surface area contributed by atoms with Crippen LogP contribution in [0.4, 0.5) is 4.39 Å². The van der Waals surface area contributed by atoms with Crippen LogP contribution in [0.15, 0.2) is 39.4 Å². The molecular weight excluding hydrogens is 362 g/mol. The zero-order valence-corrected chi connectivity index (χ0v) is 10.7. The van der Waals surface area contributed by atoms with Gasteiger partial charge in [-0.2, -0.15) is 0 Å². The minimum Gasteiger partial charge on any atom is -0.464 e. The van der Waals surface area contributed by atoms with Crippen molar-refractivity contribution in [1.82, 2.24) is 0 Å². The molecule has 0 saturated carbocycles. The summed E-state index contributed by atoms with van der Waals surface area (Å²) in [5, 5.41) is 0. The fourth-order valence-corrected chi connectivity index (χ4v) is 2.19. The molecule has 0 atom stereocenters. The maximum absolute atomic E-state index is 13.7. The molecule has 1 nitrogen and oxygen atoms in total. The highest BCUT2D eigenvalue weighted by molar-refractivity contribution is 14.1. The number of furan rings is 1. The van der Waals surface area contributed by atoms with Crippen LogP contribution in [0.25, 0.3) is 11.3 Å². The van der Waals surface area contributed by atoms with E-state index in [1.807, 2.05) is 6.07 Å². The summed E-state index contributed by atoms with van der Waals surface area (Å²) in [7, 11) is 0. The van der Waals surface area contributed by atoms with Crippen LogP contribution in [0.5, 0.6) is 0 Å². The topological polar surface area (TPSA) is 13.1 Å². The second-order valence-corrected chi connectivity index (χ2v) is 4.71. The summed E-state index contributed by atoms with van der Waals surface area (Å²) >= 11 is 5.23. The highest BCUT2D eigenvalue weighted by Crippen LogP contribution is 2.32. The van der Waals surface area contributed by atoms with Gasteiger partial charge in [-0.15, -0.1) is 0 Å². The molecule has 0 aliphatic rings. The fourth-order valence-electron chi connectivity index (χ4n) is 1.17. The van der Waals surface area contributed by atoms with Crippen molar-refractivity contribution in [3.63, 3.8) is 0 Å². The number of rotatable bonds is 1. The van der Waals surface area contributed by atoms with Gasteiger partial charge in [-0.25, -0.2) is 4.39 Å². The number of benzene rings is 1. The molecule has 0 aliphatic carbocycles. The zero-order chi connectivity index (χ0) is 10.1. The van der Waals surface area contributed by atoms with Crippen LogP contribution in [0, 0.1) is 9.39 Å². The summed E-state index contributed by atoms with van der Waals surface area (Å²) in [6, 6.07) is 7.01. The molecule has 2 aromatic rings. The van der Waals surface area contributed by atoms with Crippen LogP contribution >= 0.6 is 38.5 Å². The van der Waals surface area contributed by atoms with E-state index < -0.39 is 0 Å². The molecule has 0 aliphatic heterocycles. The number of hydrogen-bond acceptors (Lipinski definition) is 1. The second-order valence-electron chi connectivity index (χ2n) is 2.70. The number of halogens is 3. The first kappa shape index (κ1) is 10.2. The van der Waals surface area contributed by atoms with Crippen LogP contribution in [-0.4, -0.2) is 0 Å². The predicted octanol–water partition coefficient (Wildman–Crippen LogP) is 4.45. The Morgan fingerprint density at radius 1 is 1.29 bits per heavy atom. The molecule has 1 heterocycles. The van der Waals surface area contributed by atoms with E-state index in [2.05, 4.69) is 38.5 Å². The summed E-state index contributed by atoms with van der Waals surface area (Å²) in [6.45, 7) is 0. The van der Waals surface area contributed by atoms with Gasteiger partial charge in [0.15, 0.2) is 0 Å². The molecule has 4 heteroatoms. The zero-order valence-electron chi connectivity index (χ0n) is 6.93. The molecule has 0 amide bonds. The van der Waals surface area contributed by atoms with Crippen molar-refractivity contribution in [2.75, 3.05) is 0 Å². The molecule has 14 heavy (non-hydrogen) atoms. The van der Waals surface area contributed by atoms with Crippen molar-refractivity contribution in [2.45, 2.75) is 0 Å². The first-order valence-corrected chi connectivity index (χ1v) is 5.74. The van der Waals surface area contributed by atoms with Crippen LogP contribution in [0.1, 0.15) is 0 Å². The van der Waals surface area contributed by atoms with Gasteiger partial charge in [0.2, 0.25) is 0 Å². The summed E-state index contributed by atoms with van der Waals surface area (Å²) in [5.74, 6) is 0.264. The third kappa shape index (κ3) is 1.72. The Bertz CT molecular complexity index is 453. The third-order valence-electron chi connectivity index (χ3n) is 1.81. The lowest BCUT2D eigenvalue weighted by molar-refractivity contribution is 0.567. The Morgan fingerprint density at radius 2 is 2.07 bits per heavy atom. The first-order chi connectivity index (χ1) is 6.70. The molecule has 0 N–H and O–H groups in total. The minimum atomic E-state index is -0.285. The Kier molecular flexibility index (Phi) is 2.92. The Morgan fingerprint density at radius 3 is 2.71 bits per heavy atom. The van der Waals surface area contributed by atoms with Gasteiger partial charge < -0.3 is 4.42 Å². The van der Waals surface area contributed by atoms with E-state index in [-0.39, 0.29) is 5.82 Å². The molecule has 0 fully saturated rings. The average molecular weight is 367 g/mol. The van der Waals surface area contributed by atoms with E-state index in [9.17, 15) is 4.39 Å². The van der Waals surface area contributed by atoms with Gasteiger partial charge in [-0.3, -0.25) is 0 Å². The highest BCUT2D eigenvalue weighted by atomic mass is 127. The van der Waals surface area contributed by atoms with Gasteiger partial charge in [0.05, 0.1) is 16.3 Å². The summed E-state index contributed by atoms with van der Waals surface area (Å²) < 4.78 is 20.2. The molecular formula is C10H5BrFIO. The standard InChI is InChI=1S/C10H5BrFIO/c11-6-3-4-7(13)9(10(6)12)8-2-1-5-14-8/h1-5H. The molecule has 0 saturated heterocycles. The predicted molar refractivity (Wildman–Crippen MR) is 64.5 cm³/mol. The molecule has 0 radical (unpaired) electrons. The fraction of sp³-hybridized carbons (Fsp3) is 0. The van der Waals surface area contributed by atoms with Crippen molar-refractivity contribution in [3.05, 3.63) is 44.4 Å². The lowest BCUT2D eigenvalue weighted by Gasteiger charge is -2.04. The molecule has 2 rings (SSSR count). The van der Waals surface area contributed by atoms with Crippen LogP contribution in [0.2, 0.25) is 0 Å². The van der Waals surface area contributed by atoms with Gasteiger partial charge in [0.25, 0.3) is 0 Å². The van der Waals surface area contributed by atoms with Gasteiger partial charge in [0.1, 0.15) is 11.6 Å². The van der Waals surface area contributed by atoms with Crippen LogP contribution < -0.4 is 0 Å². The molecule has 0 bridgehead atoms. The Labute approximate surface area is 103 Å². The van der Waals surface area contributed by atoms with Crippen molar-refractivity contribution in [1.29, 1.82) is 0 Å². The molecule has 1 aromatic carbocycles. The largest absolute Gasteiger partial charge is 0.464 e. The van der Waals surface area contributed by atoms with Crippen LogP contribution in [-0.2, 0) is 0 Å². The molecule has 1 aromatic heterocycles. The molecule has 0 unspecified atom stereocenters. The van der Waals surface area contributed by atoms with Crippen molar-refractivity contribution in [3.8, 4) is 11.3 Å². The maximum atomic E-state index is 13.7. The van der Waals surface area contributed by atoms with Crippen molar-refractivity contribution < 1.29 is 8.81 Å². The van der Waals surface area contributed by atoms with E-state index in [1.54, 1.807) is 18.2 Å². The summed E-state index contributed by atoms with van der Waals surface area (Å²) in [4.78, 5) is 0. The highest BCUT2D eigenvalue weighted by Gasteiger charge is 2.14. The second kappa shape index (κ2) is 4.02. The Hall–Kier alpha value is -0.360. The van der Waals surface area contributed by atoms with Crippen molar-refractivity contribution in [2.24, 2.45) is 0 Å². The van der Waals surface area contributed by atoms with Crippen LogP contribution in [0.3, 0.4) is 0 Å². The van der Waals surface area contributed by atoms with E-state index in [0.29, 0.717) is 15.8 Å². The van der Waals surface area contributed by atoms with E-state index in [1.165, 1.54) is 6.26 Å². The lowest BCUT2D eigenvalue weighted by atomic mass is 10.1. The van der Waals surface area contributed by atoms with Crippen molar-refractivity contribution >= 4 is 38.5 Å².